The first-order valence-electron chi connectivity index (χ1n) is 9.69. The lowest BCUT2D eigenvalue weighted by atomic mass is 10.1. The second-order valence-corrected chi connectivity index (χ2v) is 7.98. The third kappa shape index (κ3) is 4.46. The van der Waals surface area contributed by atoms with Gasteiger partial charge < -0.3 is 0 Å². The van der Waals surface area contributed by atoms with E-state index in [1.54, 1.807) is 41.0 Å². The predicted molar refractivity (Wildman–Crippen MR) is 126 cm³/mol. The van der Waals surface area contributed by atoms with Gasteiger partial charge in [0.25, 0.3) is 11.1 Å². The van der Waals surface area contributed by atoms with Crippen molar-refractivity contribution in [2.45, 2.75) is 13.0 Å². The van der Waals surface area contributed by atoms with Crippen molar-refractivity contribution in [3.05, 3.63) is 121 Å². The minimum absolute atomic E-state index is 0.0738. The van der Waals surface area contributed by atoms with Gasteiger partial charge >= 0.3 is 0 Å². The molecule has 0 saturated heterocycles. The highest BCUT2D eigenvalue weighted by atomic mass is 35.5. The Morgan fingerprint density at radius 1 is 0.774 bits per heavy atom. The van der Waals surface area contributed by atoms with Crippen molar-refractivity contribution in [1.82, 2.24) is 9.55 Å². The first-order chi connectivity index (χ1) is 14.9. The first kappa shape index (κ1) is 21.0. The summed E-state index contributed by atoms with van der Waals surface area (Å²) in [5.74, 6) is 0. The van der Waals surface area contributed by atoms with Crippen molar-refractivity contribution in [3.63, 3.8) is 0 Å². The topological polar surface area (TPSA) is 52.0 Å². The maximum atomic E-state index is 13.8. The van der Waals surface area contributed by atoms with Gasteiger partial charge in [-0.2, -0.15) is 0 Å². The van der Waals surface area contributed by atoms with E-state index in [0.717, 1.165) is 11.1 Å². The normalized spacial score (nSPS) is 11.8. The molecule has 0 aliphatic heterocycles. The molecule has 0 spiro atoms. The van der Waals surface area contributed by atoms with E-state index in [-0.39, 0.29) is 17.3 Å². The van der Waals surface area contributed by atoms with Gasteiger partial charge in [0, 0.05) is 21.7 Å². The van der Waals surface area contributed by atoms with Crippen LogP contribution in [0.5, 0.6) is 0 Å². The standard InChI is InChI=1S/C25H18Cl2N2O2/c1-16(17-7-11-20(26)12-8-17)29-22(18-5-3-2-4-6-18)15-23(30)28-24(25(29)31)19-9-13-21(27)14-10-19/h2-16H,1H3. The molecule has 0 saturated carbocycles. The molecule has 0 N–H and O–H groups in total. The molecule has 4 aromatic rings. The number of nitrogens with zero attached hydrogens (tertiary/aromatic N) is 2. The lowest BCUT2D eigenvalue weighted by Gasteiger charge is -2.19. The van der Waals surface area contributed by atoms with Crippen LogP contribution in [-0.2, 0) is 0 Å². The summed E-state index contributed by atoms with van der Waals surface area (Å²) >= 11 is 12.0. The maximum absolute atomic E-state index is 13.8. The average Bonchev–Trinajstić information content (AvgIpc) is 2.91. The number of hydrogen-bond donors (Lipinski definition) is 0. The minimum atomic E-state index is -0.497. The van der Waals surface area contributed by atoms with Crippen LogP contribution in [0.25, 0.3) is 22.5 Å². The highest BCUT2D eigenvalue weighted by Gasteiger charge is 2.19. The molecule has 1 atom stereocenters. The molecule has 6 heteroatoms. The van der Waals surface area contributed by atoms with Crippen molar-refractivity contribution in [3.8, 4) is 22.5 Å². The highest BCUT2D eigenvalue weighted by molar-refractivity contribution is 6.30. The molecule has 154 valence electrons. The molecule has 0 aliphatic rings. The fourth-order valence-electron chi connectivity index (χ4n) is 3.50. The van der Waals surface area contributed by atoms with Crippen LogP contribution in [0, 0.1) is 0 Å². The molecule has 0 aliphatic carbocycles. The third-order valence-corrected chi connectivity index (χ3v) is 5.59. The molecular formula is C25H18Cl2N2O2. The maximum Gasteiger partial charge on any atom is 0.278 e. The molecule has 0 bridgehead atoms. The number of rotatable bonds is 4. The number of aromatic nitrogens is 2. The van der Waals surface area contributed by atoms with E-state index >= 15 is 0 Å². The van der Waals surface area contributed by atoms with Gasteiger partial charge in [0.05, 0.1) is 11.7 Å². The van der Waals surface area contributed by atoms with Crippen LogP contribution in [-0.4, -0.2) is 9.55 Å². The van der Waals surface area contributed by atoms with E-state index in [0.29, 0.717) is 21.3 Å². The van der Waals surface area contributed by atoms with E-state index in [2.05, 4.69) is 4.98 Å². The van der Waals surface area contributed by atoms with E-state index in [1.807, 2.05) is 49.4 Å². The lowest BCUT2D eigenvalue weighted by Crippen LogP contribution is -2.25. The Kier molecular flexibility index (Phi) is 6.03. The fourth-order valence-corrected chi connectivity index (χ4v) is 3.75. The summed E-state index contributed by atoms with van der Waals surface area (Å²) in [4.78, 5) is 30.6. The van der Waals surface area contributed by atoms with Gasteiger partial charge in [0.15, 0.2) is 0 Å². The van der Waals surface area contributed by atoms with Gasteiger partial charge in [-0.05, 0) is 42.3 Å². The highest BCUT2D eigenvalue weighted by Crippen LogP contribution is 2.26. The number of halogens is 2. The minimum Gasteiger partial charge on any atom is -0.299 e. The molecule has 31 heavy (non-hydrogen) atoms. The fraction of sp³-hybridized carbons (Fsp3) is 0.0800. The van der Waals surface area contributed by atoms with Crippen LogP contribution in [0.3, 0.4) is 0 Å². The average molecular weight is 449 g/mol. The molecule has 4 nitrogen and oxygen atoms in total. The van der Waals surface area contributed by atoms with E-state index in [1.165, 1.54) is 6.07 Å². The Morgan fingerprint density at radius 2 is 1.35 bits per heavy atom. The van der Waals surface area contributed by atoms with Crippen LogP contribution in [0.4, 0.5) is 0 Å². The van der Waals surface area contributed by atoms with Gasteiger partial charge in [0.2, 0.25) is 0 Å². The summed E-state index contributed by atoms with van der Waals surface area (Å²) in [6.07, 6.45) is 0. The van der Waals surface area contributed by atoms with Crippen molar-refractivity contribution in [2.24, 2.45) is 0 Å². The Balaban J connectivity index is 2.05. The third-order valence-electron chi connectivity index (χ3n) is 5.09. The molecule has 0 amide bonds. The summed E-state index contributed by atoms with van der Waals surface area (Å²) in [6, 6.07) is 24.4. The molecule has 4 rings (SSSR count). The Hall–Kier alpha value is -3.21. The van der Waals surface area contributed by atoms with Crippen LogP contribution in [0.1, 0.15) is 18.5 Å². The van der Waals surface area contributed by atoms with Crippen molar-refractivity contribution >= 4 is 23.2 Å². The van der Waals surface area contributed by atoms with Gasteiger partial charge in [-0.3, -0.25) is 14.2 Å². The summed E-state index contributed by atoms with van der Waals surface area (Å²) in [5.41, 5.74) is 1.85. The Labute approximate surface area is 189 Å². The summed E-state index contributed by atoms with van der Waals surface area (Å²) in [6.45, 7) is 1.91. The van der Waals surface area contributed by atoms with Crippen LogP contribution >= 0.6 is 23.2 Å². The Bertz CT molecular complexity index is 1330. The number of benzene rings is 3. The van der Waals surface area contributed by atoms with Gasteiger partial charge in [0.1, 0.15) is 5.69 Å². The summed E-state index contributed by atoms with van der Waals surface area (Å²) in [7, 11) is 0. The van der Waals surface area contributed by atoms with Gasteiger partial charge in [-0.25, -0.2) is 4.98 Å². The predicted octanol–water partition coefficient (Wildman–Crippen LogP) is 5.85. The SMILES string of the molecule is CC(c1ccc(Cl)cc1)n1c(-c2ccccc2)cc(=O)nc(-c2ccc(Cl)cc2)c1=O. The largest absolute Gasteiger partial charge is 0.299 e. The summed E-state index contributed by atoms with van der Waals surface area (Å²) < 4.78 is 1.61. The van der Waals surface area contributed by atoms with Crippen molar-refractivity contribution in [1.29, 1.82) is 0 Å². The second-order valence-electron chi connectivity index (χ2n) is 7.10. The molecule has 1 heterocycles. The quantitative estimate of drug-likeness (QED) is 0.393. The Morgan fingerprint density at radius 3 is 1.97 bits per heavy atom. The zero-order chi connectivity index (χ0) is 22.0. The number of hydrogen-bond acceptors (Lipinski definition) is 3. The first-order valence-corrected chi connectivity index (χ1v) is 10.4. The molecule has 1 unspecified atom stereocenters. The smallest absolute Gasteiger partial charge is 0.278 e. The molecule has 0 radical (unpaired) electrons. The van der Waals surface area contributed by atoms with E-state index in [4.69, 9.17) is 23.2 Å². The summed E-state index contributed by atoms with van der Waals surface area (Å²) in [5, 5.41) is 1.14. The van der Waals surface area contributed by atoms with Gasteiger partial charge in [-0.15, -0.1) is 0 Å². The van der Waals surface area contributed by atoms with Crippen molar-refractivity contribution < 1.29 is 0 Å². The van der Waals surface area contributed by atoms with E-state index in [9.17, 15) is 9.59 Å². The van der Waals surface area contributed by atoms with E-state index < -0.39 is 5.56 Å². The van der Waals surface area contributed by atoms with Crippen molar-refractivity contribution in [2.75, 3.05) is 0 Å². The monoisotopic (exact) mass is 448 g/mol. The van der Waals surface area contributed by atoms with Crippen LogP contribution in [0.15, 0.2) is 94.5 Å². The zero-order valence-corrected chi connectivity index (χ0v) is 18.1. The molecule has 0 fully saturated rings. The lowest BCUT2D eigenvalue weighted by molar-refractivity contribution is 0.625. The van der Waals surface area contributed by atoms with Gasteiger partial charge in [-0.1, -0.05) is 77.8 Å². The molecular weight excluding hydrogens is 431 g/mol. The zero-order valence-electron chi connectivity index (χ0n) is 16.6. The van der Waals surface area contributed by atoms with Crippen LogP contribution < -0.4 is 11.1 Å². The molecule has 1 aromatic heterocycles. The second kappa shape index (κ2) is 8.88. The molecule has 3 aromatic carbocycles. The van der Waals surface area contributed by atoms with Crippen LogP contribution in [0.2, 0.25) is 10.0 Å².